The summed E-state index contributed by atoms with van der Waals surface area (Å²) in [6, 6.07) is 18.2. The van der Waals surface area contributed by atoms with Crippen LogP contribution in [0, 0.1) is 111 Å². The highest BCUT2D eigenvalue weighted by atomic mass is 32.2. The third kappa shape index (κ3) is 13.2. The van der Waals surface area contributed by atoms with Crippen LogP contribution in [0.25, 0.3) is 6.08 Å². The van der Waals surface area contributed by atoms with Gasteiger partial charge in [0.15, 0.2) is 75.4 Å². The highest BCUT2D eigenvalue weighted by molar-refractivity contribution is 7.98. The predicted octanol–water partition coefficient (Wildman–Crippen LogP) is 17.9. The molecule has 478 valence electrons. The summed E-state index contributed by atoms with van der Waals surface area (Å²) in [5.41, 5.74) is -12.3. The molecule has 0 bridgehead atoms. The van der Waals surface area contributed by atoms with Crippen molar-refractivity contribution in [2.75, 3.05) is 23.0 Å². The van der Waals surface area contributed by atoms with Crippen molar-refractivity contribution in [2.24, 2.45) is 5.10 Å². The van der Waals surface area contributed by atoms with Gasteiger partial charge in [-0.1, -0.05) is 75.2 Å². The van der Waals surface area contributed by atoms with E-state index in [9.17, 15) is 69.3 Å². The minimum absolute atomic E-state index is 0.0920. The molecule has 2 aliphatic rings. The second kappa shape index (κ2) is 27.8. The Hall–Kier alpha value is -9.14. The SMILES string of the molecule is CCCCN(CCCC)c1c(F)c(F)c(C2CC(c3ccccc3)=NN2c2ccc(/C=C/C3=C(C#N)C(=C(C#N)C#N)N(C(=O)c4cc(CSc5c(F)c(F)c(C(F)(F)F)c(F)c5F)c(C)c(CSc5c(F)c(F)c(C(F)(F)F)c(F)c5F)c4)C3=O)cc2)c(F)c1F. The lowest BCUT2D eigenvalue weighted by Gasteiger charge is -2.29. The van der Waals surface area contributed by atoms with Gasteiger partial charge in [0.05, 0.1) is 49.6 Å². The van der Waals surface area contributed by atoms with E-state index in [4.69, 9.17) is 0 Å². The van der Waals surface area contributed by atoms with E-state index < -0.39 is 183 Å². The Balaban J connectivity index is 1.17. The molecule has 0 aliphatic carbocycles. The molecule has 0 fully saturated rings. The van der Waals surface area contributed by atoms with E-state index >= 15 is 35.1 Å². The first-order chi connectivity index (χ1) is 43.5. The maximum atomic E-state index is 16.5. The molecule has 0 N–H and O–H groups in total. The number of nitriles is 3. The maximum Gasteiger partial charge on any atom is 0.422 e. The molecule has 29 heteroatoms. The van der Waals surface area contributed by atoms with E-state index in [2.05, 4.69) is 5.10 Å². The van der Waals surface area contributed by atoms with Crippen LogP contribution in [-0.2, 0) is 28.7 Å². The van der Waals surface area contributed by atoms with Gasteiger partial charge >= 0.3 is 12.4 Å². The average Bonchev–Trinajstić information content (AvgIpc) is 1.26. The molecule has 1 unspecified atom stereocenters. The van der Waals surface area contributed by atoms with Gasteiger partial charge in [0.25, 0.3) is 11.8 Å². The van der Waals surface area contributed by atoms with Crippen LogP contribution >= 0.6 is 23.5 Å². The third-order valence-corrected chi connectivity index (χ3v) is 16.9. The number of hydrazone groups is 1. The lowest BCUT2D eigenvalue weighted by atomic mass is 9.96. The zero-order valence-electron chi connectivity index (χ0n) is 47.5. The monoisotopic (exact) mass is 1330 g/mol. The number of carbonyl (C=O) groups excluding carboxylic acids is 2. The number of benzene rings is 6. The zero-order valence-corrected chi connectivity index (χ0v) is 49.1. The molecule has 0 radical (unpaired) electrons. The second-order valence-electron chi connectivity index (χ2n) is 20.3. The highest BCUT2D eigenvalue weighted by Gasteiger charge is 2.46. The number of nitrogens with zero attached hydrogens (tertiary/aromatic N) is 7. The number of thioether (sulfide) groups is 2. The van der Waals surface area contributed by atoms with Crippen molar-refractivity contribution in [3.63, 3.8) is 0 Å². The summed E-state index contributed by atoms with van der Waals surface area (Å²) in [4.78, 5) is 27.4. The van der Waals surface area contributed by atoms with E-state index in [1.165, 1.54) is 41.3 Å². The molecule has 9 nitrogen and oxygen atoms in total. The summed E-state index contributed by atoms with van der Waals surface area (Å²) in [5.74, 6) is -33.4. The number of halogens is 18. The van der Waals surface area contributed by atoms with Crippen LogP contribution in [0.3, 0.4) is 0 Å². The van der Waals surface area contributed by atoms with Gasteiger partial charge in [0, 0.05) is 36.6 Å². The standard InChI is InChI=1S/C63H41F18N7O2S2/c1-4-6-19-86(20-7-5-2)57-50(70)44(64)41(45(65)51(57)71)40-23-39(31-11-9-8-10-12-31)85-88(40)36-16-13-30(14-17-36)15-18-37-38(26-84)56(35(24-82)25-83)87(61(37)90)60(89)32-21-33(27-91-58-52(72)46(66)42(62(76,77)78)47(67)53(58)73)29(3)34(22-32)28-92-59-54(74)48(68)43(63(79,80)81)49(69)55(59)75/h8-18,21-22,40H,4-7,19-20,23,27-28H2,1-3H3/b18-15+. The van der Waals surface area contributed by atoms with E-state index in [1.54, 1.807) is 36.4 Å². The average molecular weight is 1330 g/mol. The van der Waals surface area contributed by atoms with Crippen LogP contribution in [0.1, 0.15) is 107 Å². The maximum absolute atomic E-state index is 16.5. The fourth-order valence-electron chi connectivity index (χ4n) is 10.0. The number of allylic oxidation sites excluding steroid dienone is 2. The van der Waals surface area contributed by atoms with Gasteiger partial charge in [-0.05, 0) is 77.9 Å². The fourth-order valence-corrected chi connectivity index (χ4v) is 12.1. The van der Waals surface area contributed by atoms with Gasteiger partial charge < -0.3 is 4.90 Å². The molecule has 6 aromatic rings. The molecule has 0 saturated carbocycles. The van der Waals surface area contributed by atoms with Gasteiger partial charge in [-0.25, -0.2) is 57.6 Å². The Kier molecular flexibility index (Phi) is 20.7. The van der Waals surface area contributed by atoms with Gasteiger partial charge in [-0.3, -0.25) is 14.6 Å². The van der Waals surface area contributed by atoms with Crippen molar-refractivity contribution in [1.29, 1.82) is 15.8 Å². The summed E-state index contributed by atoms with van der Waals surface area (Å²) < 4.78 is 266. The highest BCUT2D eigenvalue weighted by Crippen LogP contribution is 2.46. The molecular weight excluding hydrogens is 1290 g/mol. The van der Waals surface area contributed by atoms with Crippen molar-refractivity contribution >= 4 is 58.5 Å². The first-order valence-electron chi connectivity index (χ1n) is 27.1. The first kappa shape index (κ1) is 68.8. The minimum atomic E-state index is -5.96. The van der Waals surface area contributed by atoms with E-state index in [0.29, 0.717) is 31.2 Å². The van der Waals surface area contributed by atoms with Gasteiger partial charge in [-0.15, -0.1) is 23.5 Å². The van der Waals surface area contributed by atoms with Crippen LogP contribution in [0.15, 0.2) is 110 Å². The summed E-state index contributed by atoms with van der Waals surface area (Å²) >= 11 is -0.466. The lowest BCUT2D eigenvalue weighted by molar-refractivity contribution is -0.144. The van der Waals surface area contributed by atoms with E-state index in [-0.39, 0.29) is 70.5 Å². The van der Waals surface area contributed by atoms with Crippen LogP contribution in [0.5, 0.6) is 0 Å². The van der Waals surface area contributed by atoms with Crippen molar-refractivity contribution < 1.29 is 88.6 Å². The molecule has 2 amide bonds. The summed E-state index contributed by atoms with van der Waals surface area (Å²) in [7, 11) is 0. The number of hydrogen-bond donors (Lipinski definition) is 0. The number of unbranched alkanes of at least 4 members (excludes halogenated alkanes) is 2. The van der Waals surface area contributed by atoms with Gasteiger partial charge in [-0.2, -0.15) is 47.2 Å². The second-order valence-corrected chi connectivity index (χ2v) is 22.3. The summed E-state index contributed by atoms with van der Waals surface area (Å²) in [5, 5.41) is 36.4. The summed E-state index contributed by atoms with van der Waals surface area (Å²) in [6.07, 6.45) is -7.94. The predicted molar refractivity (Wildman–Crippen MR) is 302 cm³/mol. The zero-order chi connectivity index (χ0) is 67.6. The third-order valence-electron chi connectivity index (χ3n) is 14.7. The lowest BCUT2D eigenvalue weighted by Crippen LogP contribution is -2.33. The number of anilines is 2. The first-order valence-corrected chi connectivity index (χ1v) is 29.1. The van der Waals surface area contributed by atoms with Gasteiger partial charge in [0.2, 0.25) is 0 Å². The molecular formula is C63H41F18N7O2S2. The Morgan fingerprint density at radius 2 is 1.12 bits per heavy atom. The number of amides is 2. The largest absolute Gasteiger partial charge is 0.422 e. The molecule has 0 aromatic heterocycles. The van der Waals surface area contributed by atoms with Gasteiger partial charge in [0.1, 0.15) is 35.0 Å². The fraction of sp³-hybridized carbons (Fsp3) is 0.238. The Bertz CT molecular complexity index is 4030. The van der Waals surface area contributed by atoms with E-state index in [0.717, 1.165) is 36.2 Å². The number of alkyl halides is 6. The molecule has 2 heterocycles. The van der Waals surface area contributed by atoms with Crippen molar-refractivity contribution in [1.82, 2.24) is 4.90 Å². The smallest absolute Gasteiger partial charge is 0.367 e. The molecule has 2 aliphatic heterocycles. The molecule has 8 rings (SSSR count). The van der Waals surface area contributed by atoms with Crippen LogP contribution in [0.2, 0.25) is 0 Å². The molecule has 1 atom stereocenters. The number of rotatable bonds is 19. The Morgan fingerprint density at radius 3 is 1.54 bits per heavy atom. The summed E-state index contributed by atoms with van der Waals surface area (Å²) in [6.45, 7) is 4.96. The topological polar surface area (TPSA) is 128 Å². The van der Waals surface area contributed by atoms with Crippen molar-refractivity contribution in [3.05, 3.63) is 215 Å². The molecule has 92 heavy (non-hydrogen) atoms. The van der Waals surface area contributed by atoms with Crippen molar-refractivity contribution in [3.8, 4) is 18.2 Å². The van der Waals surface area contributed by atoms with Crippen LogP contribution in [0.4, 0.5) is 90.4 Å². The molecule has 0 saturated heterocycles. The van der Waals surface area contributed by atoms with E-state index in [1.807, 2.05) is 13.8 Å². The normalized spacial score (nSPS) is 14.4. The quantitative estimate of drug-likeness (QED) is 0.0256. The van der Waals surface area contributed by atoms with Crippen molar-refractivity contribution in [2.45, 2.75) is 92.6 Å². The number of imide groups is 1. The number of carbonyl (C=O) groups is 2. The Labute approximate surface area is 519 Å². The minimum Gasteiger partial charge on any atom is -0.367 e. The van der Waals surface area contributed by atoms with Crippen LogP contribution < -0.4 is 9.91 Å². The van der Waals surface area contributed by atoms with Crippen LogP contribution in [-0.4, -0.2) is 35.5 Å². The molecule has 0 spiro atoms. The number of hydrogen-bond acceptors (Lipinski definition) is 10. The Morgan fingerprint density at radius 1 is 0.652 bits per heavy atom. The molecule has 6 aromatic carbocycles.